The number of nitrogens with zero attached hydrogens (tertiary/aromatic N) is 3. The minimum atomic E-state index is -0.612. The molecular formula is C17H19N3O3. The lowest BCUT2D eigenvalue weighted by Gasteiger charge is -2.05. The second-order valence-corrected chi connectivity index (χ2v) is 4.87. The summed E-state index contributed by atoms with van der Waals surface area (Å²) >= 11 is 0. The van der Waals surface area contributed by atoms with E-state index in [1.807, 2.05) is 37.3 Å². The van der Waals surface area contributed by atoms with E-state index >= 15 is 0 Å². The molecule has 0 aliphatic rings. The quantitative estimate of drug-likeness (QED) is 0.398. The van der Waals surface area contributed by atoms with E-state index in [9.17, 15) is 9.90 Å². The van der Waals surface area contributed by atoms with E-state index in [0.29, 0.717) is 5.82 Å². The maximum Gasteiger partial charge on any atom is 0.343 e. The zero-order chi connectivity index (χ0) is 16.8. The summed E-state index contributed by atoms with van der Waals surface area (Å²) in [6, 6.07) is 11.3. The van der Waals surface area contributed by atoms with Crippen molar-refractivity contribution < 1.29 is 14.6 Å². The summed E-state index contributed by atoms with van der Waals surface area (Å²) in [6.45, 7) is 5.20. The molecule has 1 heterocycles. The van der Waals surface area contributed by atoms with Gasteiger partial charge in [0.05, 0.1) is 18.0 Å². The lowest BCUT2D eigenvalue weighted by atomic mass is 10.2. The first-order chi connectivity index (χ1) is 11.0. The van der Waals surface area contributed by atoms with Gasteiger partial charge in [0.15, 0.2) is 5.82 Å². The lowest BCUT2D eigenvalue weighted by molar-refractivity contribution is -0.138. The van der Waals surface area contributed by atoms with E-state index in [2.05, 4.69) is 10.1 Å². The monoisotopic (exact) mass is 313 g/mol. The van der Waals surface area contributed by atoms with Crippen molar-refractivity contribution in [3.8, 4) is 5.69 Å². The van der Waals surface area contributed by atoms with Crippen molar-refractivity contribution in [3.63, 3.8) is 0 Å². The van der Waals surface area contributed by atoms with Gasteiger partial charge in [-0.3, -0.25) is 0 Å². The van der Waals surface area contributed by atoms with Gasteiger partial charge < -0.3 is 9.84 Å². The second kappa shape index (κ2) is 7.40. The Morgan fingerprint density at radius 2 is 2.09 bits per heavy atom. The molecule has 0 spiro atoms. The van der Waals surface area contributed by atoms with Crippen molar-refractivity contribution >= 4 is 18.0 Å². The Labute approximate surface area is 134 Å². The van der Waals surface area contributed by atoms with Crippen LogP contribution in [-0.2, 0) is 9.53 Å². The molecule has 0 bridgehead atoms. The second-order valence-electron chi connectivity index (χ2n) is 4.87. The van der Waals surface area contributed by atoms with Gasteiger partial charge in [0.2, 0.25) is 0 Å². The molecule has 0 aliphatic heterocycles. The Morgan fingerprint density at radius 3 is 2.70 bits per heavy atom. The van der Waals surface area contributed by atoms with Crippen molar-refractivity contribution in [2.75, 3.05) is 6.61 Å². The topological polar surface area (TPSA) is 76.7 Å². The summed E-state index contributed by atoms with van der Waals surface area (Å²) in [5.41, 5.74) is 1.67. The predicted octanol–water partition coefficient (Wildman–Crippen LogP) is 3.28. The number of aryl methyl sites for hydroxylation is 1. The molecular weight excluding hydrogens is 294 g/mol. The van der Waals surface area contributed by atoms with Gasteiger partial charge in [-0.2, -0.15) is 5.10 Å². The summed E-state index contributed by atoms with van der Waals surface area (Å²) in [5, 5.41) is 14.0. The smallest absolute Gasteiger partial charge is 0.343 e. The van der Waals surface area contributed by atoms with Gasteiger partial charge in [-0.1, -0.05) is 18.2 Å². The summed E-state index contributed by atoms with van der Waals surface area (Å²) in [7, 11) is 0. The molecule has 0 atom stereocenters. The van der Waals surface area contributed by atoms with Gasteiger partial charge in [0, 0.05) is 12.3 Å². The highest BCUT2D eigenvalue weighted by Crippen LogP contribution is 2.19. The number of aliphatic hydroxyl groups is 1. The fraction of sp³-hybridized carbons (Fsp3) is 0.235. The number of aliphatic hydroxyl groups excluding tert-OH is 1. The molecule has 6 nitrogen and oxygen atoms in total. The number of aliphatic imine (C=N–C) groups is 1. The average molecular weight is 313 g/mol. The number of para-hydroxylation sites is 1. The Morgan fingerprint density at radius 1 is 1.39 bits per heavy atom. The SMILES string of the molecule is CCOC(=O)C(/C=N/c1cc(C)nn1-c1ccccc1)=C(/C)O. The van der Waals surface area contributed by atoms with Crippen molar-refractivity contribution in [1.82, 2.24) is 9.78 Å². The van der Waals surface area contributed by atoms with E-state index < -0.39 is 5.97 Å². The first kappa shape index (κ1) is 16.5. The fourth-order valence-corrected chi connectivity index (χ4v) is 1.97. The van der Waals surface area contributed by atoms with Crippen LogP contribution in [0, 0.1) is 6.92 Å². The normalized spacial score (nSPS) is 12.3. The van der Waals surface area contributed by atoms with Crippen molar-refractivity contribution in [3.05, 3.63) is 53.4 Å². The number of allylic oxidation sites excluding steroid dienone is 1. The Bertz CT molecular complexity index is 742. The first-order valence-electron chi connectivity index (χ1n) is 7.26. The number of hydrogen-bond donors (Lipinski definition) is 1. The highest BCUT2D eigenvalue weighted by atomic mass is 16.5. The Kier molecular flexibility index (Phi) is 5.30. The maximum atomic E-state index is 11.8. The summed E-state index contributed by atoms with van der Waals surface area (Å²) in [5.74, 6) is -0.204. The molecule has 0 saturated heterocycles. The van der Waals surface area contributed by atoms with Crippen molar-refractivity contribution in [1.29, 1.82) is 0 Å². The zero-order valence-corrected chi connectivity index (χ0v) is 13.4. The summed E-state index contributed by atoms with van der Waals surface area (Å²) < 4.78 is 6.57. The van der Waals surface area contributed by atoms with Gasteiger partial charge >= 0.3 is 5.97 Å². The fourth-order valence-electron chi connectivity index (χ4n) is 1.97. The molecule has 0 fully saturated rings. The number of carbonyl (C=O) groups excluding carboxylic acids is 1. The van der Waals surface area contributed by atoms with E-state index in [1.54, 1.807) is 17.7 Å². The van der Waals surface area contributed by atoms with Crippen LogP contribution in [0.2, 0.25) is 0 Å². The molecule has 0 saturated carbocycles. The molecule has 1 aromatic carbocycles. The van der Waals surface area contributed by atoms with Crippen LogP contribution in [-0.4, -0.2) is 33.7 Å². The van der Waals surface area contributed by atoms with E-state index in [1.165, 1.54) is 13.1 Å². The van der Waals surface area contributed by atoms with Gasteiger partial charge in [-0.25, -0.2) is 14.5 Å². The largest absolute Gasteiger partial charge is 0.512 e. The molecule has 0 radical (unpaired) electrons. The molecule has 23 heavy (non-hydrogen) atoms. The van der Waals surface area contributed by atoms with E-state index in [-0.39, 0.29) is 17.9 Å². The molecule has 6 heteroatoms. The number of carbonyl (C=O) groups is 1. The number of benzene rings is 1. The molecule has 120 valence electrons. The van der Waals surface area contributed by atoms with Crippen LogP contribution in [0.4, 0.5) is 5.82 Å². The highest BCUT2D eigenvalue weighted by Gasteiger charge is 2.13. The molecule has 2 aromatic rings. The van der Waals surface area contributed by atoms with E-state index in [4.69, 9.17) is 4.74 Å². The van der Waals surface area contributed by atoms with Crippen LogP contribution in [0.3, 0.4) is 0 Å². The van der Waals surface area contributed by atoms with Crippen LogP contribution >= 0.6 is 0 Å². The predicted molar refractivity (Wildman–Crippen MR) is 88.4 cm³/mol. The van der Waals surface area contributed by atoms with Crippen molar-refractivity contribution in [2.24, 2.45) is 4.99 Å². The number of aromatic nitrogens is 2. The van der Waals surface area contributed by atoms with Gasteiger partial charge in [0.1, 0.15) is 11.3 Å². The average Bonchev–Trinajstić information content (AvgIpc) is 2.89. The molecule has 0 aliphatic carbocycles. The van der Waals surface area contributed by atoms with Crippen LogP contribution in [0.5, 0.6) is 0 Å². The summed E-state index contributed by atoms with van der Waals surface area (Å²) in [6.07, 6.45) is 1.29. The maximum absolute atomic E-state index is 11.8. The molecule has 2 rings (SSSR count). The minimum Gasteiger partial charge on any atom is -0.512 e. The van der Waals surface area contributed by atoms with Crippen LogP contribution < -0.4 is 0 Å². The zero-order valence-electron chi connectivity index (χ0n) is 13.4. The Hall–Kier alpha value is -2.89. The van der Waals surface area contributed by atoms with Crippen LogP contribution in [0.1, 0.15) is 19.5 Å². The number of rotatable bonds is 5. The Balaban J connectivity index is 2.37. The van der Waals surface area contributed by atoms with Gasteiger partial charge in [-0.05, 0) is 32.9 Å². The van der Waals surface area contributed by atoms with Crippen LogP contribution in [0.25, 0.3) is 5.69 Å². The third-order valence-corrected chi connectivity index (χ3v) is 3.02. The third-order valence-electron chi connectivity index (χ3n) is 3.02. The molecule has 1 aromatic heterocycles. The van der Waals surface area contributed by atoms with Gasteiger partial charge in [-0.15, -0.1) is 0 Å². The number of hydrogen-bond acceptors (Lipinski definition) is 5. The minimum absolute atomic E-state index is 0.0188. The number of ether oxygens (including phenoxy) is 1. The molecule has 0 unspecified atom stereocenters. The van der Waals surface area contributed by atoms with E-state index in [0.717, 1.165) is 11.4 Å². The van der Waals surface area contributed by atoms with Crippen LogP contribution in [0.15, 0.2) is 52.7 Å². The third kappa shape index (κ3) is 4.06. The first-order valence-corrected chi connectivity index (χ1v) is 7.26. The summed E-state index contributed by atoms with van der Waals surface area (Å²) in [4.78, 5) is 16.1. The lowest BCUT2D eigenvalue weighted by Crippen LogP contribution is -2.10. The standard InChI is InChI=1S/C17H19N3O3/c1-4-23-17(22)15(13(3)21)11-18-16-10-12(2)19-20(16)14-8-6-5-7-9-14/h5-11,21H,4H2,1-3H3/b15-13-,18-11+. The number of esters is 1. The van der Waals surface area contributed by atoms with Crippen molar-refractivity contribution in [2.45, 2.75) is 20.8 Å². The molecule has 0 amide bonds. The van der Waals surface area contributed by atoms with Gasteiger partial charge in [0.25, 0.3) is 0 Å². The highest BCUT2D eigenvalue weighted by molar-refractivity contribution is 6.10. The molecule has 1 N–H and O–H groups in total.